The average Bonchev–Trinajstić information content (AvgIpc) is 2.80. The molecule has 0 saturated carbocycles. The van der Waals surface area contributed by atoms with Crippen LogP contribution >= 0.6 is 0 Å². The maximum absolute atomic E-state index is 13.5. The van der Waals surface area contributed by atoms with E-state index < -0.39 is 17.8 Å². The summed E-state index contributed by atoms with van der Waals surface area (Å²) >= 11 is 0. The molecular formula is C23H24F3N6O+. The van der Waals surface area contributed by atoms with Crippen molar-refractivity contribution < 1.29 is 17.9 Å². The Morgan fingerprint density at radius 2 is 1.82 bits per heavy atom. The molecule has 1 aromatic heterocycles. The molecule has 1 aliphatic heterocycles. The summed E-state index contributed by atoms with van der Waals surface area (Å²) in [5.41, 5.74) is 1.20. The summed E-state index contributed by atoms with van der Waals surface area (Å²) in [6, 6.07) is 7.75. The first-order valence-electron chi connectivity index (χ1n) is 10.6. The van der Waals surface area contributed by atoms with Gasteiger partial charge in [0.15, 0.2) is 10.8 Å². The van der Waals surface area contributed by atoms with E-state index in [1.54, 1.807) is 6.92 Å². The van der Waals surface area contributed by atoms with E-state index in [0.29, 0.717) is 24.6 Å². The minimum Gasteiger partial charge on any atom is -0.378 e. The molecule has 1 aliphatic rings. The van der Waals surface area contributed by atoms with Crippen molar-refractivity contribution in [2.24, 2.45) is 0 Å². The number of benzene rings is 2. The molecule has 172 valence electrons. The molecule has 1 saturated heterocycles. The highest BCUT2D eigenvalue weighted by Crippen LogP contribution is 2.39. The third-order valence-corrected chi connectivity index (χ3v) is 6.00. The molecule has 0 bridgehead atoms. The fourth-order valence-electron chi connectivity index (χ4n) is 4.21. The number of hydrogen-bond acceptors (Lipinski definition) is 6. The van der Waals surface area contributed by atoms with Crippen molar-refractivity contribution in [3.05, 3.63) is 57.7 Å². The first-order valence-corrected chi connectivity index (χ1v) is 10.6. The Kier molecular flexibility index (Phi) is 6.08. The highest BCUT2D eigenvalue weighted by Gasteiger charge is 2.36. The summed E-state index contributed by atoms with van der Waals surface area (Å²) in [6.45, 7) is 7.87. The van der Waals surface area contributed by atoms with Crippen molar-refractivity contribution in [1.29, 1.82) is 5.39 Å². The van der Waals surface area contributed by atoms with Crippen LogP contribution in [0.4, 0.5) is 30.4 Å². The predicted molar refractivity (Wildman–Crippen MR) is 120 cm³/mol. The maximum Gasteiger partial charge on any atom is 0.416 e. The second kappa shape index (κ2) is 8.83. The van der Waals surface area contributed by atoms with Crippen LogP contribution in [0.1, 0.15) is 35.3 Å². The first-order chi connectivity index (χ1) is 15.7. The van der Waals surface area contributed by atoms with E-state index in [1.807, 2.05) is 25.1 Å². The van der Waals surface area contributed by atoms with Crippen molar-refractivity contribution in [2.45, 2.75) is 33.0 Å². The lowest BCUT2D eigenvalue weighted by atomic mass is 9.96. The maximum atomic E-state index is 13.5. The minimum absolute atomic E-state index is 0.0632. The SMILES string of the molecule is Cc1c(C(C)Nc2nnc(C)c3ccc(N4CCOCC4)cc23)cc([N+]#N)cc1C(F)(F)F. The van der Waals surface area contributed by atoms with E-state index in [4.69, 9.17) is 10.1 Å². The lowest BCUT2D eigenvalue weighted by molar-refractivity contribution is -0.138. The zero-order chi connectivity index (χ0) is 23.8. The molecule has 0 radical (unpaired) electrons. The lowest BCUT2D eigenvalue weighted by Crippen LogP contribution is -2.36. The van der Waals surface area contributed by atoms with Gasteiger partial charge in [0.1, 0.15) is 0 Å². The molecule has 0 amide bonds. The number of hydrogen-bond donors (Lipinski definition) is 1. The minimum atomic E-state index is -4.57. The number of rotatable bonds is 4. The summed E-state index contributed by atoms with van der Waals surface area (Å²) in [5, 5.41) is 22.6. The van der Waals surface area contributed by atoms with Crippen LogP contribution in [0.15, 0.2) is 30.3 Å². The van der Waals surface area contributed by atoms with Crippen molar-refractivity contribution in [2.75, 3.05) is 36.5 Å². The Labute approximate surface area is 189 Å². The molecule has 4 rings (SSSR count). The van der Waals surface area contributed by atoms with Gasteiger partial charge >= 0.3 is 11.9 Å². The molecule has 7 nitrogen and oxygen atoms in total. The zero-order valence-electron chi connectivity index (χ0n) is 18.6. The fraction of sp³-hybridized carbons (Fsp3) is 0.391. The van der Waals surface area contributed by atoms with Crippen molar-refractivity contribution in [1.82, 2.24) is 10.2 Å². The van der Waals surface area contributed by atoms with Gasteiger partial charge in [0.2, 0.25) is 5.39 Å². The van der Waals surface area contributed by atoms with Crippen molar-refractivity contribution in [3.8, 4) is 0 Å². The van der Waals surface area contributed by atoms with Crippen LogP contribution in [-0.4, -0.2) is 36.5 Å². The number of diazo groups is 1. The number of aryl methyl sites for hydroxylation is 1. The number of morpholine rings is 1. The van der Waals surface area contributed by atoms with Gasteiger partial charge in [-0.05, 0) is 44.0 Å². The van der Waals surface area contributed by atoms with Crippen LogP contribution < -0.4 is 10.2 Å². The largest absolute Gasteiger partial charge is 0.416 e. The zero-order valence-corrected chi connectivity index (χ0v) is 18.6. The van der Waals surface area contributed by atoms with Gasteiger partial charge in [-0.3, -0.25) is 0 Å². The van der Waals surface area contributed by atoms with Crippen LogP contribution in [0, 0.1) is 19.2 Å². The number of ether oxygens (including phenoxy) is 1. The van der Waals surface area contributed by atoms with Crippen molar-refractivity contribution >= 4 is 28.0 Å². The molecule has 1 unspecified atom stereocenters. The smallest absolute Gasteiger partial charge is 0.378 e. The van der Waals surface area contributed by atoms with Gasteiger partial charge in [0.05, 0.1) is 30.5 Å². The highest BCUT2D eigenvalue weighted by atomic mass is 19.4. The van der Waals surface area contributed by atoms with Gasteiger partial charge in [-0.15, -0.1) is 5.10 Å². The Morgan fingerprint density at radius 3 is 2.48 bits per heavy atom. The normalized spacial score (nSPS) is 15.4. The van der Waals surface area contributed by atoms with Gasteiger partial charge < -0.3 is 15.0 Å². The summed E-state index contributed by atoms with van der Waals surface area (Å²) in [4.78, 5) is 5.21. The first kappa shape index (κ1) is 22.7. The second-order valence-corrected chi connectivity index (χ2v) is 8.13. The molecule has 0 aliphatic carbocycles. The summed E-state index contributed by atoms with van der Waals surface area (Å²) in [6.07, 6.45) is -4.57. The van der Waals surface area contributed by atoms with Gasteiger partial charge in [-0.2, -0.15) is 18.3 Å². The molecule has 2 heterocycles. The number of anilines is 2. The third-order valence-electron chi connectivity index (χ3n) is 6.00. The van der Waals surface area contributed by atoms with Crippen LogP contribution in [0.25, 0.3) is 15.7 Å². The fourth-order valence-corrected chi connectivity index (χ4v) is 4.21. The number of alkyl halides is 3. The molecular weight excluding hydrogens is 433 g/mol. The Bertz CT molecular complexity index is 1230. The van der Waals surface area contributed by atoms with Gasteiger partial charge in [0, 0.05) is 41.7 Å². The number of nitrogens with zero attached hydrogens (tertiary/aromatic N) is 5. The molecule has 1 fully saturated rings. The van der Waals surface area contributed by atoms with E-state index in [1.165, 1.54) is 13.0 Å². The molecule has 2 aromatic carbocycles. The number of halogens is 3. The van der Waals surface area contributed by atoms with E-state index in [9.17, 15) is 13.2 Å². The van der Waals surface area contributed by atoms with Gasteiger partial charge in [-0.1, -0.05) is 6.07 Å². The Hall–Kier alpha value is -3.45. The molecule has 33 heavy (non-hydrogen) atoms. The highest BCUT2D eigenvalue weighted by molar-refractivity contribution is 5.95. The lowest BCUT2D eigenvalue weighted by Gasteiger charge is -2.29. The van der Waals surface area contributed by atoms with E-state index >= 15 is 0 Å². The van der Waals surface area contributed by atoms with E-state index in [2.05, 4.69) is 25.4 Å². The standard InChI is InChI=1S/C23H24F3N6O/c1-13-19(10-16(29-27)11-21(13)23(24,25)26)14(2)28-22-20-12-17(32-6-8-33-9-7-32)4-5-18(20)15(3)30-31-22/h4-5,10-12,14H,6-9H2,1-3H3,(H,28,31)/q+1. The molecule has 0 spiro atoms. The van der Waals surface area contributed by atoms with Crippen molar-refractivity contribution in [3.63, 3.8) is 0 Å². The van der Waals surface area contributed by atoms with Crippen LogP contribution in [0.2, 0.25) is 0 Å². The number of nitrogens with one attached hydrogen (secondary N) is 1. The van der Waals surface area contributed by atoms with Gasteiger partial charge in [-0.25, -0.2) is 0 Å². The molecule has 1 N–H and O–H groups in total. The predicted octanol–water partition coefficient (Wildman–Crippen LogP) is 5.76. The quantitative estimate of drug-likeness (QED) is 0.502. The number of aromatic nitrogens is 2. The second-order valence-electron chi connectivity index (χ2n) is 8.13. The Balaban J connectivity index is 1.74. The van der Waals surface area contributed by atoms with E-state index in [0.717, 1.165) is 41.3 Å². The molecule has 10 heteroatoms. The third kappa shape index (κ3) is 4.54. The Morgan fingerprint density at radius 1 is 1.09 bits per heavy atom. The topological polar surface area (TPSA) is 78.4 Å². The summed E-state index contributed by atoms with van der Waals surface area (Å²) in [7, 11) is 0. The van der Waals surface area contributed by atoms with Gasteiger partial charge in [0.25, 0.3) is 0 Å². The van der Waals surface area contributed by atoms with Crippen LogP contribution in [-0.2, 0) is 10.9 Å². The monoisotopic (exact) mass is 457 g/mol. The summed E-state index contributed by atoms with van der Waals surface area (Å²) < 4.78 is 46.0. The number of fused-ring (bicyclic) bond motifs is 1. The van der Waals surface area contributed by atoms with Crippen LogP contribution in [0.3, 0.4) is 0 Å². The van der Waals surface area contributed by atoms with E-state index in [-0.39, 0.29) is 11.3 Å². The molecule has 1 atom stereocenters. The molecule has 3 aromatic rings. The average molecular weight is 457 g/mol. The summed E-state index contributed by atoms with van der Waals surface area (Å²) in [5.74, 6) is 0.470. The van der Waals surface area contributed by atoms with Crippen LogP contribution in [0.5, 0.6) is 0 Å².